The van der Waals surface area contributed by atoms with Gasteiger partial charge in [0.1, 0.15) is 6.61 Å². The van der Waals surface area contributed by atoms with Crippen LogP contribution in [0, 0.1) is 5.92 Å². The maximum atomic E-state index is 11.9. The average Bonchev–Trinajstić information content (AvgIpc) is 3.62. The zero-order chi connectivity index (χ0) is 33.3. The minimum atomic E-state index is -0.606. The largest absolute Gasteiger partial charge is 0.445 e. The van der Waals surface area contributed by atoms with Gasteiger partial charge in [-0.15, -0.1) is 5.10 Å². The molecular weight excluding hydrogens is 627 g/mol. The van der Waals surface area contributed by atoms with Crippen molar-refractivity contribution in [1.29, 1.82) is 0 Å². The number of benzene rings is 4. The molecule has 4 unspecified atom stereocenters. The Balaban J connectivity index is 1.20. The molecule has 1 aromatic heterocycles. The van der Waals surface area contributed by atoms with Gasteiger partial charge in [0.15, 0.2) is 6.29 Å². The Morgan fingerprint density at radius 3 is 2.48 bits per heavy atom. The number of rotatable bonds is 12. The van der Waals surface area contributed by atoms with Gasteiger partial charge in [0, 0.05) is 23.8 Å². The van der Waals surface area contributed by atoms with E-state index in [1.54, 1.807) is 16.4 Å². The number of thioether (sulfide) groups is 1. The summed E-state index contributed by atoms with van der Waals surface area (Å²) in [5, 5.41) is 25.4. The molecule has 1 amide bonds. The summed E-state index contributed by atoms with van der Waals surface area (Å²) < 4.78 is 20.0. The number of para-hydroxylation sites is 1. The van der Waals surface area contributed by atoms with E-state index in [2.05, 4.69) is 34.3 Å². The molecule has 48 heavy (non-hydrogen) atoms. The van der Waals surface area contributed by atoms with Crippen LogP contribution in [0.25, 0.3) is 16.8 Å². The molecule has 1 saturated heterocycles. The molecule has 10 nitrogen and oxygen atoms in total. The van der Waals surface area contributed by atoms with E-state index < -0.39 is 12.4 Å². The number of tetrazole rings is 1. The lowest BCUT2D eigenvalue weighted by Crippen LogP contribution is -2.38. The summed E-state index contributed by atoms with van der Waals surface area (Å²) in [6, 6.07) is 33.8. The van der Waals surface area contributed by atoms with Gasteiger partial charge in [-0.2, -0.15) is 4.68 Å². The highest BCUT2D eigenvalue weighted by molar-refractivity contribution is 7.99. The molecule has 6 rings (SSSR count). The van der Waals surface area contributed by atoms with Gasteiger partial charge in [0.2, 0.25) is 5.16 Å². The van der Waals surface area contributed by atoms with Gasteiger partial charge in [0.05, 0.1) is 24.5 Å². The monoisotopic (exact) mass is 663 g/mol. The van der Waals surface area contributed by atoms with Gasteiger partial charge in [0.25, 0.3) is 0 Å². The highest BCUT2D eigenvalue weighted by Crippen LogP contribution is 2.43. The summed E-state index contributed by atoms with van der Waals surface area (Å²) in [7, 11) is 0. The molecule has 1 aliphatic heterocycles. The second kappa shape index (κ2) is 15.9. The number of alkyl carbamates (subject to hydrolysis) is 1. The quantitative estimate of drug-likeness (QED) is 0.109. The van der Waals surface area contributed by atoms with Crippen molar-refractivity contribution in [2.24, 2.45) is 5.92 Å². The summed E-state index contributed by atoms with van der Waals surface area (Å²) in [4.78, 5) is 11.9. The minimum Gasteiger partial charge on any atom is -0.445 e. The molecule has 11 heteroatoms. The highest BCUT2D eigenvalue weighted by atomic mass is 32.2. The third-order valence-electron chi connectivity index (χ3n) is 8.15. The topological polar surface area (TPSA) is 121 Å². The molecule has 0 bridgehead atoms. The molecule has 2 heterocycles. The molecule has 5 aromatic rings. The van der Waals surface area contributed by atoms with Gasteiger partial charge < -0.3 is 24.6 Å². The molecular formula is C37H37N5O5S. The Hall–Kier alpha value is -4.81. The van der Waals surface area contributed by atoms with Crippen molar-refractivity contribution in [3.05, 3.63) is 138 Å². The van der Waals surface area contributed by atoms with Gasteiger partial charge in [-0.1, -0.05) is 116 Å². The van der Waals surface area contributed by atoms with Crippen molar-refractivity contribution in [2.75, 3.05) is 12.4 Å². The van der Waals surface area contributed by atoms with Crippen LogP contribution >= 0.6 is 11.8 Å². The van der Waals surface area contributed by atoms with Crippen molar-refractivity contribution < 1.29 is 24.1 Å². The zero-order valence-corrected chi connectivity index (χ0v) is 27.3. The standard InChI is InChI=1S/C37H37N5O5S/c1-3-20-45-37(44)38-22-27-8-7-9-31(21-27)28-16-18-30(19-17-28)35-46-33(25(2)34(47-35)29-14-12-26(23-43)13-15-29)24-48-36-39-40-41-42(36)32-10-5-4-6-11-32/h3-19,21,25,33-35,43H,1,20,22-24H2,2H3,(H,38,44). The molecule has 1 fully saturated rings. The summed E-state index contributed by atoms with van der Waals surface area (Å²) in [5.41, 5.74) is 6.65. The summed E-state index contributed by atoms with van der Waals surface area (Å²) in [6.45, 7) is 6.19. The lowest BCUT2D eigenvalue weighted by Gasteiger charge is -2.41. The number of aromatic nitrogens is 4. The molecule has 0 spiro atoms. The number of carbonyl (C=O) groups excluding carboxylic acids is 1. The Labute approximate surface area is 283 Å². The Morgan fingerprint density at radius 1 is 0.958 bits per heavy atom. The predicted octanol–water partition coefficient (Wildman–Crippen LogP) is 6.82. The molecule has 0 radical (unpaired) electrons. The molecule has 4 aromatic carbocycles. The first-order chi connectivity index (χ1) is 23.5. The maximum Gasteiger partial charge on any atom is 0.407 e. The highest BCUT2D eigenvalue weighted by Gasteiger charge is 2.38. The van der Waals surface area contributed by atoms with Gasteiger partial charge in [-0.05, 0) is 56.4 Å². The van der Waals surface area contributed by atoms with E-state index in [4.69, 9.17) is 14.2 Å². The van der Waals surface area contributed by atoms with Crippen molar-refractivity contribution in [3.63, 3.8) is 0 Å². The van der Waals surface area contributed by atoms with Gasteiger partial charge in [-0.3, -0.25) is 0 Å². The van der Waals surface area contributed by atoms with Crippen LogP contribution in [0.4, 0.5) is 4.79 Å². The van der Waals surface area contributed by atoms with Gasteiger partial charge in [-0.25, -0.2) is 4.79 Å². The Kier molecular flexibility index (Phi) is 10.9. The van der Waals surface area contributed by atoms with Crippen molar-refractivity contribution >= 4 is 17.9 Å². The third kappa shape index (κ3) is 8.00. The molecule has 246 valence electrons. The van der Waals surface area contributed by atoms with Crippen molar-refractivity contribution in [3.8, 4) is 16.8 Å². The number of aliphatic hydroxyl groups excluding tert-OH is 1. The number of nitrogens with zero attached hydrogens (tertiary/aromatic N) is 4. The number of aliphatic hydroxyl groups is 1. The van der Waals surface area contributed by atoms with E-state index in [1.807, 2.05) is 103 Å². The number of ether oxygens (including phenoxy) is 3. The van der Waals surface area contributed by atoms with Crippen LogP contribution in [0.15, 0.2) is 121 Å². The first-order valence-corrected chi connectivity index (χ1v) is 16.7. The maximum absolute atomic E-state index is 11.9. The second-order valence-electron chi connectivity index (χ2n) is 11.4. The second-order valence-corrected chi connectivity index (χ2v) is 12.4. The first kappa shape index (κ1) is 33.1. The number of amides is 1. The molecule has 1 aliphatic rings. The van der Waals surface area contributed by atoms with Crippen LogP contribution in [0.3, 0.4) is 0 Å². The van der Waals surface area contributed by atoms with Crippen LogP contribution < -0.4 is 5.32 Å². The number of carbonyl (C=O) groups is 1. The summed E-state index contributed by atoms with van der Waals surface area (Å²) >= 11 is 1.54. The summed E-state index contributed by atoms with van der Waals surface area (Å²) in [5.74, 6) is 0.624. The molecule has 0 saturated carbocycles. The van der Waals surface area contributed by atoms with E-state index in [9.17, 15) is 9.90 Å². The number of nitrogens with one attached hydrogen (secondary N) is 1. The van der Waals surface area contributed by atoms with E-state index in [0.29, 0.717) is 17.5 Å². The number of hydrogen-bond donors (Lipinski definition) is 2. The van der Waals surface area contributed by atoms with Crippen LogP contribution in [-0.4, -0.2) is 49.9 Å². The number of hydrogen-bond acceptors (Lipinski definition) is 9. The van der Waals surface area contributed by atoms with E-state index in [0.717, 1.165) is 39.1 Å². The van der Waals surface area contributed by atoms with Crippen LogP contribution in [0.5, 0.6) is 0 Å². The molecule has 2 N–H and O–H groups in total. The van der Waals surface area contributed by atoms with Crippen molar-refractivity contribution in [1.82, 2.24) is 25.5 Å². The fraction of sp³-hybridized carbons (Fsp3) is 0.243. The Bertz CT molecular complexity index is 1800. The summed E-state index contributed by atoms with van der Waals surface area (Å²) in [6.07, 6.45) is 0.0144. The van der Waals surface area contributed by atoms with E-state index in [1.165, 1.54) is 6.08 Å². The van der Waals surface area contributed by atoms with E-state index >= 15 is 0 Å². The van der Waals surface area contributed by atoms with Crippen molar-refractivity contribution in [2.45, 2.75) is 43.7 Å². The normalized spacial score (nSPS) is 19.0. The third-order valence-corrected chi connectivity index (χ3v) is 9.16. The molecule has 4 atom stereocenters. The fourth-order valence-corrected chi connectivity index (χ4v) is 6.57. The fourth-order valence-electron chi connectivity index (χ4n) is 5.52. The zero-order valence-electron chi connectivity index (χ0n) is 26.5. The first-order valence-electron chi connectivity index (χ1n) is 15.7. The lowest BCUT2D eigenvalue weighted by molar-refractivity contribution is -0.268. The average molecular weight is 664 g/mol. The van der Waals surface area contributed by atoms with Gasteiger partial charge >= 0.3 is 6.09 Å². The lowest BCUT2D eigenvalue weighted by atomic mass is 9.91. The van der Waals surface area contributed by atoms with E-state index in [-0.39, 0.29) is 31.3 Å². The minimum absolute atomic E-state index is 0.0134. The molecule has 0 aliphatic carbocycles. The predicted molar refractivity (Wildman–Crippen MR) is 183 cm³/mol. The van der Waals surface area contributed by atoms with Crippen LogP contribution in [-0.2, 0) is 27.4 Å². The SMILES string of the molecule is C=CCOC(=O)NCc1cccc(-c2ccc(C3OC(CSc4nnnn4-c4ccccc4)C(C)C(c4ccc(CO)cc4)O3)cc2)c1. The van der Waals surface area contributed by atoms with Crippen LogP contribution in [0.2, 0.25) is 0 Å². The Morgan fingerprint density at radius 2 is 1.73 bits per heavy atom. The van der Waals surface area contributed by atoms with Crippen LogP contribution in [0.1, 0.15) is 41.6 Å². The smallest absolute Gasteiger partial charge is 0.407 e.